The number of aromatic nitrogens is 1. The van der Waals surface area contributed by atoms with Crippen LogP contribution in [0.2, 0.25) is 4.47 Å². The predicted molar refractivity (Wildman–Crippen MR) is 64.4 cm³/mol. The van der Waals surface area contributed by atoms with Gasteiger partial charge >= 0.3 is 0 Å². The molecule has 1 saturated carbocycles. The predicted octanol–water partition coefficient (Wildman–Crippen LogP) is 2.18. The molecule has 90 valence electrons. The van der Waals surface area contributed by atoms with Gasteiger partial charge < -0.3 is 0 Å². The Hall–Kier alpha value is -0.170. The molecule has 1 aromatic heterocycles. The second kappa shape index (κ2) is 4.25. The molecule has 0 radical (unpaired) electrons. The Bertz CT molecular complexity index is 498. The van der Waals surface area contributed by atoms with Crippen molar-refractivity contribution in [1.82, 2.24) is 9.71 Å². The third kappa shape index (κ3) is 2.40. The molecule has 0 amide bonds. The standard InChI is InChI=1S/C9H13ClN2O2S2/c1-3-6-4-7(6)12-16(13,14)8-5(2)11-9(10)15-8/h6-7,12H,3-4H2,1-2H3. The van der Waals surface area contributed by atoms with Gasteiger partial charge in [-0.3, -0.25) is 0 Å². The van der Waals surface area contributed by atoms with Gasteiger partial charge in [-0.1, -0.05) is 36.3 Å². The Kier molecular flexibility index (Phi) is 3.27. The molecule has 1 aliphatic carbocycles. The minimum atomic E-state index is -3.43. The smallest absolute Gasteiger partial charge is 0.229 e. The van der Waals surface area contributed by atoms with Crippen molar-refractivity contribution in [3.63, 3.8) is 0 Å². The van der Waals surface area contributed by atoms with Gasteiger partial charge in [-0.15, -0.1) is 0 Å². The zero-order chi connectivity index (χ0) is 11.9. The van der Waals surface area contributed by atoms with Crippen molar-refractivity contribution >= 4 is 33.0 Å². The first-order valence-corrected chi connectivity index (χ1v) is 7.77. The van der Waals surface area contributed by atoms with E-state index in [1.54, 1.807) is 6.92 Å². The average molecular weight is 281 g/mol. The Morgan fingerprint density at radius 2 is 2.31 bits per heavy atom. The fourth-order valence-corrected chi connectivity index (χ4v) is 4.77. The number of rotatable bonds is 4. The molecule has 0 saturated heterocycles. The zero-order valence-electron chi connectivity index (χ0n) is 9.03. The van der Waals surface area contributed by atoms with Gasteiger partial charge in [0.2, 0.25) is 0 Å². The first-order chi connectivity index (χ1) is 7.44. The van der Waals surface area contributed by atoms with Crippen LogP contribution in [0.3, 0.4) is 0 Å². The van der Waals surface area contributed by atoms with E-state index in [1.807, 2.05) is 0 Å². The van der Waals surface area contributed by atoms with Gasteiger partial charge in [0, 0.05) is 6.04 Å². The van der Waals surface area contributed by atoms with E-state index in [0.29, 0.717) is 11.6 Å². The Morgan fingerprint density at radius 3 is 2.75 bits per heavy atom. The van der Waals surface area contributed by atoms with Crippen molar-refractivity contribution in [2.75, 3.05) is 0 Å². The lowest BCUT2D eigenvalue weighted by atomic mass is 10.3. The minimum absolute atomic E-state index is 0.0928. The maximum absolute atomic E-state index is 12.0. The average Bonchev–Trinajstić information content (AvgIpc) is 2.82. The Morgan fingerprint density at radius 1 is 1.62 bits per heavy atom. The molecule has 2 atom stereocenters. The van der Waals surface area contributed by atoms with Crippen molar-refractivity contribution < 1.29 is 8.42 Å². The highest BCUT2D eigenvalue weighted by molar-refractivity contribution is 7.91. The summed E-state index contributed by atoms with van der Waals surface area (Å²) in [6.07, 6.45) is 1.94. The largest absolute Gasteiger partial charge is 0.252 e. The molecule has 1 N–H and O–H groups in total. The summed E-state index contributed by atoms with van der Waals surface area (Å²) >= 11 is 6.70. The molecule has 4 nitrogen and oxygen atoms in total. The van der Waals surface area contributed by atoms with Gasteiger partial charge in [-0.05, 0) is 19.3 Å². The summed E-state index contributed by atoms with van der Waals surface area (Å²) in [5.41, 5.74) is 0.469. The number of nitrogens with one attached hydrogen (secondary N) is 1. The van der Waals surface area contributed by atoms with E-state index in [9.17, 15) is 8.42 Å². The van der Waals surface area contributed by atoms with Crippen molar-refractivity contribution in [3.05, 3.63) is 10.2 Å². The van der Waals surface area contributed by atoms with Gasteiger partial charge in [0.15, 0.2) is 8.68 Å². The van der Waals surface area contributed by atoms with Crippen molar-refractivity contribution in [1.29, 1.82) is 0 Å². The van der Waals surface area contributed by atoms with Crippen LogP contribution in [0.15, 0.2) is 4.21 Å². The van der Waals surface area contributed by atoms with E-state index in [-0.39, 0.29) is 14.7 Å². The van der Waals surface area contributed by atoms with E-state index in [2.05, 4.69) is 16.6 Å². The maximum Gasteiger partial charge on any atom is 0.252 e. The number of hydrogen-bond acceptors (Lipinski definition) is 4. The quantitative estimate of drug-likeness (QED) is 0.920. The summed E-state index contributed by atoms with van der Waals surface area (Å²) in [6, 6.07) is 0.0928. The fraction of sp³-hybridized carbons (Fsp3) is 0.667. The summed E-state index contributed by atoms with van der Waals surface area (Å²) in [4.78, 5) is 3.91. The van der Waals surface area contributed by atoms with Gasteiger partial charge in [-0.25, -0.2) is 18.1 Å². The van der Waals surface area contributed by atoms with Crippen LogP contribution >= 0.6 is 22.9 Å². The van der Waals surface area contributed by atoms with Crippen molar-refractivity contribution in [2.24, 2.45) is 5.92 Å². The molecule has 16 heavy (non-hydrogen) atoms. The molecule has 1 aromatic rings. The normalized spacial score (nSPS) is 24.7. The Balaban J connectivity index is 2.17. The topological polar surface area (TPSA) is 59.1 Å². The number of aryl methyl sites for hydroxylation is 1. The minimum Gasteiger partial charge on any atom is -0.229 e. The summed E-state index contributed by atoms with van der Waals surface area (Å²) in [7, 11) is -3.43. The van der Waals surface area contributed by atoms with Crippen LogP contribution in [-0.2, 0) is 10.0 Å². The summed E-state index contributed by atoms with van der Waals surface area (Å²) in [6.45, 7) is 3.72. The lowest BCUT2D eigenvalue weighted by Gasteiger charge is -2.03. The molecule has 1 aliphatic rings. The number of thiazole rings is 1. The molecular formula is C9H13ClN2O2S2. The van der Waals surface area contributed by atoms with Crippen LogP contribution in [-0.4, -0.2) is 19.4 Å². The third-order valence-electron chi connectivity index (χ3n) is 2.73. The SMILES string of the molecule is CCC1CC1NS(=O)(=O)c1sc(Cl)nc1C. The van der Waals surface area contributed by atoms with E-state index in [1.165, 1.54) is 0 Å². The van der Waals surface area contributed by atoms with Crippen LogP contribution in [0.1, 0.15) is 25.5 Å². The molecular weight excluding hydrogens is 268 g/mol. The number of hydrogen-bond donors (Lipinski definition) is 1. The highest BCUT2D eigenvalue weighted by Gasteiger charge is 2.39. The van der Waals surface area contributed by atoms with E-state index in [0.717, 1.165) is 24.2 Å². The fourth-order valence-electron chi connectivity index (χ4n) is 1.70. The van der Waals surface area contributed by atoms with E-state index >= 15 is 0 Å². The van der Waals surface area contributed by atoms with Gasteiger partial charge in [0.1, 0.15) is 0 Å². The second-order valence-corrected chi connectivity index (χ2v) is 7.46. The summed E-state index contributed by atoms with van der Waals surface area (Å²) in [5, 5.41) is 0. The van der Waals surface area contributed by atoms with Crippen LogP contribution in [0, 0.1) is 12.8 Å². The Labute approximate surface area is 104 Å². The van der Waals surface area contributed by atoms with Crippen LogP contribution in [0.4, 0.5) is 0 Å². The number of nitrogens with zero attached hydrogens (tertiary/aromatic N) is 1. The first-order valence-electron chi connectivity index (χ1n) is 5.09. The van der Waals surface area contributed by atoms with Gasteiger partial charge in [0.05, 0.1) is 5.69 Å². The molecule has 7 heteroatoms. The third-order valence-corrected chi connectivity index (χ3v) is 6.09. The summed E-state index contributed by atoms with van der Waals surface area (Å²) in [5.74, 6) is 0.485. The maximum atomic E-state index is 12.0. The van der Waals surface area contributed by atoms with E-state index < -0.39 is 10.0 Å². The first kappa shape index (κ1) is 12.3. The monoisotopic (exact) mass is 280 g/mol. The highest BCUT2D eigenvalue weighted by atomic mass is 35.5. The highest BCUT2D eigenvalue weighted by Crippen LogP contribution is 2.35. The molecule has 1 heterocycles. The van der Waals surface area contributed by atoms with Crippen LogP contribution < -0.4 is 4.72 Å². The van der Waals surface area contributed by atoms with Crippen molar-refractivity contribution in [3.8, 4) is 0 Å². The molecule has 1 fully saturated rings. The molecule has 2 rings (SSSR count). The number of halogens is 1. The molecule has 0 aliphatic heterocycles. The summed E-state index contributed by atoms with van der Waals surface area (Å²) < 4.78 is 27.1. The molecule has 0 bridgehead atoms. The molecule has 2 unspecified atom stereocenters. The van der Waals surface area contributed by atoms with Crippen molar-refractivity contribution in [2.45, 2.75) is 36.9 Å². The zero-order valence-corrected chi connectivity index (χ0v) is 11.4. The van der Waals surface area contributed by atoms with Gasteiger partial charge in [-0.2, -0.15) is 0 Å². The lowest BCUT2D eigenvalue weighted by Crippen LogP contribution is -2.26. The van der Waals surface area contributed by atoms with Gasteiger partial charge in [0.25, 0.3) is 10.0 Å². The van der Waals surface area contributed by atoms with E-state index in [4.69, 9.17) is 11.6 Å². The lowest BCUT2D eigenvalue weighted by molar-refractivity contribution is 0.577. The van der Waals surface area contributed by atoms with Crippen LogP contribution in [0.5, 0.6) is 0 Å². The molecule has 0 spiro atoms. The number of sulfonamides is 1. The second-order valence-electron chi connectivity index (χ2n) is 3.97. The van der Waals surface area contributed by atoms with Crippen LogP contribution in [0.25, 0.3) is 0 Å². The molecule has 0 aromatic carbocycles.